The SMILES string of the molecule is N#Cc1ccc(-c2cc(Nc3ccc(N(N)N4CCCCC4)cc3)n[nH]2)s1. The molecule has 0 atom stereocenters. The van der Waals surface area contributed by atoms with E-state index in [0.29, 0.717) is 4.88 Å². The van der Waals surface area contributed by atoms with Gasteiger partial charge in [-0.3, -0.25) is 5.10 Å². The van der Waals surface area contributed by atoms with Crippen molar-refractivity contribution < 1.29 is 0 Å². The fraction of sp³-hybridized carbons (Fsp3) is 0.263. The molecule has 1 fully saturated rings. The second kappa shape index (κ2) is 7.80. The number of hydrogen-bond donors (Lipinski definition) is 3. The molecule has 7 nitrogen and oxygen atoms in total. The van der Waals surface area contributed by atoms with Gasteiger partial charge in [-0.2, -0.15) is 10.4 Å². The summed E-state index contributed by atoms with van der Waals surface area (Å²) in [4.78, 5) is 1.67. The van der Waals surface area contributed by atoms with Crippen molar-refractivity contribution in [1.82, 2.24) is 15.2 Å². The highest BCUT2D eigenvalue weighted by molar-refractivity contribution is 7.15. The van der Waals surface area contributed by atoms with Crippen molar-refractivity contribution in [3.8, 4) is 16.6 Å². The Kier molecular flexibility index (Phi) is 5.07. The Bertz CT molecular complexity index is 932. The van der Waals surface area contributed by atoms with Crippen LogP contribution in [-0.2, 0) is 0 Å². The number of nitrogens with two attached hydrogens (primary N) is 1. The zero-order chi connectivity index (χ0) is 18.6. The Morgan fingerprint density at radius 2 is 1.93 bits per heavy atom. The summed E-state index contributed by atoms with van der Waals surface area (Å²) in [6, 6.07) is 15.8. The number of rotatable bonds is 5. The van der Waals surface area contributed by atoms with Crippen LogP contribution in [0, 0.1) is 11.3 Å². The summed E-state index contributed by atoms with van der Waals surface area (Å²) in [5.74, 6) is 6.98. The molecular formula is C19H21N7S. The lowest BCUT2D eigenvalue weighted by Gasteiger charge is -2.35. The number of nitriles is 1. The molecule has 4 N–H and O–H groups in total. The summed E-state index contributed by atoms with van der Waals surface area (Å²) in [7, 11) is 0. The number of hydrogen-bond acceptors (Lipinski definition) is 7. The van der Waals surface area contributed by atoms with Crippen LogP contribution in [-0.4, -0.2) is 28.3 Å². The Balaban J connectivity index is 1.42. The maximum Gasteiger partial charge on any atom is 0.152 e. The Labute approximate surface area is 162 Å². The lowest BCUT2D eigenvalue weighted by Crippen LogP contribution is -2.50. The molecule has 0 unspecified atom stereocenters. The average molecular weight is 379 g/mol. The molecule has 1 aliphatic heterocycles. The molecule has 1 aromatic carbocycles. The highest BCUT2D eigenvalue weighted by Gasteiger charge is 2.16. The first kappa shape index (κ1) is 17.5. The van der Waals surface area contributed by atoms with Crippen molar-refractivity contribution in [3.63, 3.8) is 0 Å². The van der Waals surface area contributed by atoms with Crippen LogP contribution >= 0.6 is 11.3 Å². The zero-order valence-electron chi connectivity index (χ0n) is 14.9. The lowest BCUT2D eigenvalue weighted by molar-refractivity contribution is 0.209. The number of nitrogens with one attached hydrogen (secondary N) is 2. The summed E-state index contributed by atoms with van der Waals surface area (Å²) < 4.78 is 0. The van der Waals surface area contributed by atoms with Gasteiger partial charge in [0, 0.05) is 24.8 Å². The summed E-state index contributed by atoms with van der Waals surface area (Å²) in [6.07, 6.45) is 3.66. The van der Waals surface area contributed by atoms with Gasteiger partial charge in [-0.1, -0.05) is 6.42 Å². The van der Waals surface area contributed by atoms with Crippen LogP contribution < -0.4 is 16.3 Å². The highest BCUT2D eigenvalue weighted by Crippen LogP contribution is 2.28. The van der Waals surface area contributed by atoms with Gasteiger partial charge in [-0.05, 0) is 49.2 Å². The Morgan fingerprint density at radius 3 is 2.63 bits per heavy atom. The molecule has 0 aliphatic carbocycles. The minimum atomic E-state index is 0.685. The molecule has 0 spiro atoms. The van der Waals surface area contributed by atoms with Crippen LogP contribution in [0.2, 0.25) is 0 Å². The normalized spacial score (nSPS) is 14.7. The molecule has 8 heteroatoms. The largest absolute Gasteiger partial charge is 0.339 e. The van der Waals surface area contributed by atoms with Crippen molar-refractivity contribution in [2.75, 3.05) is 23.5 Å². The first-order valence-electron chi connectivity index (χ1n) is 8.95. The number of piperidine rings is 1. The predicted octanol–water partition coefficient (Wildman–Crippen LogP) is 3.83. The van der Waals surface area contributed by atoms with E-state index in [1.807, 2.05) is 42.5 Å². The molecule has 3 heterocycles. The van der Waals surface area contributed by atoms with Crippen LogP contribution in [0.1, 0.15) is 24.1 Å². The summed E-state index contributed by atoms with van der Waals surface area (Å²) in [5.41, 5.74) is 2.79. The predicted molar refractivity (Wildman–Crippen MR) is 108 cm³/mol. The highest BCUT2D eigenvalue weighted by atomic mass is 32.1. The molecule has 0 bridgehead atoms. The van der Waals surface area contributed by atoms with Crippen LogP contribution in [0.3, 0.4) is 0 Å². The third-order valence-electron chi connectivity index (χ3n) is 4.60. The van der Waals surface area contributed by atoms with E-state index in [2.05, 4.69) is 26.6 Å². The molecule has 138 valence electrons. The molecule has 0 radical (unpaired) electrons. The molecule has 2 aromatic heterocycles. The van der Waals surface area contributed by atoms with E-state index in [1.165, 1.54) is 30.6 Å². The molecule has 1 aliphatic rings. The van der Waals surface area contributed by atoms with Crippen molar-refractivity contribution in [3.05, 3.63) is 47.3 Å². The van der Waals surface area contributed by atoms with Gasteiger partial charge >= 0.3 is 0 Å². The van der Waals surface area contributed by atoms with E-state index < -0.39 is 0 Å². The van der Waals surface area contributed by atoms with Gasteiger partial charge in [0.05, 0.1) is 16.3 Å². The third-order valence-corrected chi connectivity index (χ3v) is 5.62. The van der Waals surface area contributed by atoms with E-state index in [4.69, 9.17) is 11.1 Å². The first-order chi connectivity index (χ1) is 13.2. The molecule has 0 amide bonds. The lowest BCUT2D eigenvalue weighted by atomic mass is 10.2. The number of aromatic amines is 1. The topological polar surface area (TPSA) is 97.0 Å². The number of thiophene rings is 1. The quantitative estimate of drug-likeness (QED) is 0.460. The third kappa shape index (κ3) is 3.95. The Hall–Kier alpha value is -2.86. The van der Waals surface area contributed by atoms with Crippen molar-refractivity contribution >= 4 is 28.5 Å². The maximum atomic E-state index is 8.95. The molecule has 3 aromatic rings. The second-order valence-corrected chi connectivity index (χ2v) is 7.56. The van der Waals surface area contributed by atoms with Gasteiger partial charge in [0.15, 0.2) is 5.82 Å². The van der Waals surface area contributed by atoms with Gasteiger partial charge < -0.3 is 5.32 Å². The van der Waals surface area contributed by atoms with Gasteiger partial charge in [0.1, 0.15) is 10.9 Å². The van der Waals surface area contributed by atoms with Crippen LogP contribution in [0.15, 0.2) is 42.5 Å². The van der Waals surface area contributed by atoms with E-state index in [0.717, 1.165) is 40.9 Å². The van der Waals surface area contributed by atoms with Gasteiger partial charge in [0.25, 0.3) is 0 Å². The van der Waals surface area contributed by atoms with Crippen LogP contribution in [0.4, 0.5) is 17.2 Å². The number of benzene rings is 1. The summed E-state index contributed by atoms with van der Waals surface area (Å²) in [5, 5.41) is 23.5. The van der Waals surface area contributed by atoms with Crippen LogP contribution in [0.5, 0.6) is 0 Å². The van der Waals surface area contributed by atoms with Crippen molar-refractivity contribution in [1.29, 1.82) is 5.26 Å². The monoisotopic (exact) mass is 379 g/mol. The number of nitrogens with zero attached hydrogens (tertiary/aromatic N) is 4. The van der Waals surface area contributed by atoms with Gasteiger partial charge in [0.2, 0.25) is 0 Å². The molecule has 4 rings (SSSR count). The standard InChI is InChI=1S/C19H21N7S/c20-13-16-8-9-18(27-16)17-12-19(24-23-17)22-14-4-6-15(7-5-14)26(21)25-10-2-1-3-11-25/h4-9,12H,1-3,10-11,21H2,(H2,22,23,24). The molecule has 1 saturated heterocycles. The summed E-state index contributed by atoms with van der Waals surface area (Å²) in [6.45, 7) is 2.01. The van der Waals surface area contributed by atoms with E-state index in [9.17, 15) is 0 Å². The minimum Gasteiger partial charge on any atom is -0.339 e. The summed E-state index contributed by atoms with van der Waals surface area (Å²) >= 11 is 1.44. The fourth-order valence-corrected chi connectivity index (χ4v) is 3.93. The van der Waals surface area contributed by atoms with Crippen molar-refractivity contribution in [2.24, 2.45) is 5.84 Å². The second-order valence-electron chi connectivity index (χ2n) is 6.47. The van der Waals surface area contributed by atoms with E-state index in [-0.39, 0.29) is 0 Å². The van der Waals surface area contributed by atoms with Gasteiger partial charge in [-0.15, -0.1) is 11.3 Å². The number of hydrazine groups is 2. The fourth-order valence-electron chi connectivity index (χ4n) is 3.16. The molecule has 27 heavy (non-hydrogen) atoms. The maximum absolute atomic E-state index is 8.95. The molecule has 0 saturated carbocycles. The van der Waals surface area contributed by atoms with E-state index >= 15 is 0 Å². The van der Waals surface area contributed by atoms with Gasteiger partial charge in [-0.25, -0.2) is 16.0 Å². The molecular weight excluding hydrogens is 358 g/mol. The van der Waals surface area contributed by atoms with Crippen molar-refractivity contribution in [2.45, 2.75) is 19.3 Å². The number of H-pyrrole nitrogens is 1. The van der Waals surface area contributed by atoms with E-state index in [1.54, 1.807) is 5.12 Å². The zero-order valence-corrected chi connectivity index (χ0v) is 15.7. The first-order valence-corrected chi connectivity index (χ1v) is 9.77. The Morgan fingerprint density at radius 1 is 1.15 bits per heavy atom. The number of anilines is 3. The smallest absolute Gasteiger partial charge is 0.152 e. The minimum absolute atomic E-state index is 0.685. The average Bonchev–Trinajstić information content (AvgIpc) is 3.38. The van der Waals surface area contributed by atoms with Crippen LogP contribution in [0.25, 0.3) is 10.6 Å². The number of aromatic nitrogens is 2.